The Morgan fingerprint density at radius 1 is 1.08 bits per heavy atom. The average Bonchev–Trinajstić information content (AvgIpc) is 3.24. The molecule has 0 aliphatic carbocycles. The van der Waals surface area contributed by atoms with Crippen LogP contribution >= 0.6 is 38.6 Å². The fourth-order valence-corrected chi connectivity index (χ4v) is 5.99. The van der Waals surface area contributed by atoms with Gasteiger partial charge in [0.2, 0.25) is 10.0 Å². The maximum absolute atomic E-state index is 12.4. The molecular formula is C16H14BrNO3S3. The number of hydrogen-bond acceptors (Lipinski definition) is 5. The van der Waals surface area contributed by atoms with E-state index in [1.54, 1.807) is 24.3 Å². The molecule has 2 aromatic heterocycles. The Kier molecular flexibility index (Phi) is 5.53. The van der Waals surface area contributed by atoms with E-state index in [2.05, 4.69) is 20.7 Å². The summed E-state index contributed by atoms with van der Waals surface area (Å²) in [6, 6.07) is 14.1. The predicted molar refractivity (Wildman–Crippen MR) is 101 cm³/mol. The van der Waals surface area contributed by atoms with Gasteiger partial charge >= 0.3 is 0 Å². The van der Waals surface area contributed by atoms with Gasteiger partial charge in [0, 0.05) is 25.6 Å². The Bertz CT molecular complexity index is 920. The van der Waals surface area contributed by atoms with Gasteiger partial charge in [0.25, 0.3) is 0 Å². The molecule has 3 rings (SSSR count). The molecule has 126 valence electrons. The average molecular weight is 444 g/mol. The molecule has 0 amide bonds. The normalized spacial score (nSPS) is 13.1. The SMILES string of the molecule is O=S(=O)(NCc1ccc([C@H](O)c2cccs2)s1)c1ccccc1Br. The van der Waals surface area contributed by atoms with Gasteiger partial charge in [-0.3, -0.25) is 0 Å². The second kappa shape index (κ2) is 7.47. The largest absolute Gasteiger partial charge is 0.382 e. The first-order valence-corrected chi connectivity index (χ1v) is 11.0. The molecule has 0 unspecified atom stereocenters. The van der Waals surface area contributed by atoms with E-state index in [1.807, 2.05) is 29.6 Å². The van der Waals surface area contributed by atoms with Crippen LogP contribution in [0.4, 0.5) is 0 Å². The lowest BCUT2D eigenvalue weighted by atomic mass is 10.2. The Labute approximate surface area is 157 Å². The van der Waals surface area contributed by atoms with Crippen LogP contribution in [0, 0.1) is 0 Å². The monoisotopic (exact) mass is 443 g/mol. The maximum Gasteiger partial charge on any atom is 0.242 e. The van der Waals surface area contributed by atoms with E-state index in [-0.39, 0.29) is 11.4 Å². The smallest absolute Gasteiger partial charge is 0.242 e. The Balaban J connectivity index is 1.71. The summed E-state index contributed by atoms with van der Waals surface area (Å²) in [5.74, 6) is 0. The van der Waals surface area contributed by atoms with Gasteiger partial charge in [-0.25, -0.2) is 13.1 Å². The summed E-state index contributed by atoms with van der Waals surface area (Å²) in [5, 5.41) is 12.2. The minimum Gasteiger partial charge on any atom is -0.382 e. The Morgan fingerprint density at radius 2 is 1.88 bits per heavy atom. The van der Waals surface area contributed by atoms with Gasteiger partial charge in [-0.05, 0) is 51.6 Å². The lowest BCUT2D eigenvalue weighted by molar-refractivity contribution is 0.228. The molecule has 0 bridgehead atoms. The fraction of sp³-hybridized carbons (Fsp3) is 0.125. The molecule has 0 saturated carbocycles. The number of hydrogen-bond donors (Lipinski definition) is 2. The molecule has 2 N–H and O–H groups in total. The molecule has 0 aliphatic rings. The van der Waals surface area contributed by atoms with Gasteiger partial charge in [0.05, 0.1) is 4.90 Å². The van der Waals surface area contributed by atoms with Crippen LogP contribution in [0.15, 0.2) is 63.3 Å². The number of aliphatic hydroxyl groups excluding tert-OH is 1. The maximum atomic E-state index is 12.4. The molecule has 0 aliphatic heterocycles. The number of rotatable bonds is 6. The van der Waals surface area contributed by atoms with E-state index in [0.717, 1.165) is 14.6 Å². The van der Waals surface area contributed by atoms with Crippen molar-refractivity contribution in [3.63, 3.8) is 0 Å². The van der Waals surface area contributed by atoms with E-state index >= 15 is 0 Å². The van der Waals surface area contributed by atoms with Crippen molar-refractivity contribution in [1.29, 1.82) is 0 Å². The summed E-state index contributed by atoms with van der Waals surface area (Å²) in [4.78, 5) is 2.72. The highest BCUT2D eigenvalue weighted by Gasteiger charge is 2.18. The van der Waals surface area contributed by atoms with Crippen molar-refractivity contribution < 1.29 is 13.5 Å². The zero-order valence-electron chi connectivity index (χ0n) is 12.3. The van der Waals surface area contributed by atoms with Crippen LogP contribution in [0.2, 0.25) is 0 Å². The lowest BCUT2D eigenvalue weighted by Gasteiger charge is -2.07. The van der Waals surface area contributed by atoms with Gasteiger partial charge < -0.3 is 5.11 Å². The fourth-order valence-electron chi connectivity index (χ4n) is 2.13. The molecular weight excluding hydrogens is 430 g/mol. The van der Waals surface area contributed by atoms with Crippen LogP contribution in [-0.2, 0) is 16.6 Å². The first kappa shape index (κ1) is 17.8. The number of thiophene rings is 2. The lowest BCUT2D eigenvalue weighted by Crippen LogP contribution is -2.23. The molecule has 1 aromatic carbocycles. The molecule has 0 fully saturated rings. The van der Waals surface area contributed by atoms with E-state index in [4.69, 9.17) is 0 Å². The first-order chi connectivity index (χ1) is 11.5. The van der Waals surface area contributed by atoms with E-state index < -0.39 is 16.1 Å². The summed E-state index contributed by atoms with van der Waals surface area (Å²) in [7, 11) is -3.59. The molecule has 1 atom stereocenters. The topological polar surface area (TPSA) is 66.4 Å². The third-order valence-corrected chi connectivity index (χ3v) is 7.80. The Morgan fingerprint density at radius 3 is 2.58 bits per heavy atom. The van der Waals surface area contributed by atoms with Crippen LogP contribution < -0.4 is 4.72 Å². The summed E-state index contributed by atoms with van der Waals surface area (Å²) in [6.45, 7) is 0.186. The quantitative estimate of drug-likeness (QED) is 0.601. The predicted octanol–water partition coefficient (Wildman–Crippen LogP) is 4.13. The van der Waals surface area contributed by atoms with Crippen LogP contribution in [0.3, 0.4) is 0 Å². The molecule has 2 heterocycles. The van der Waals surface area contributed by atoms with Crippen LogP contribution in [0.1, 0.15) is 20.7 Å². The second-order valence-electron chi connectivity index (χ2n) is 4.98. The minimum atomic E-state index is -3.59. The summed E-state index contributed by atoms with van der Waals surface area (Å²) in [6.07, 6.45) is -0.663. The minimum absolute atomic E-state index is 0.186. The van der Waals surface area contributed by atoms with Gasteiger partial charge in [-0.1, -0.05) is 18.2 Å². The second-order valence-corrected chi connectivity index (χ2v) is 9.75. The van der Waals surface area contributed by atoms with E-state index in [1.165, 1.54) is 22.7 Å². The number of sulfonamides is 1. The zero-order valence-corrected chi connectivity index (χ0v) is 16.4. The first-order valence-electron chi connectivity index (χ1n) is 7.01. The van der Waals surface area contributed by atoms with Crippen molar-refractivity contribution in [3.8, 4) is 0 Å². The molecule has 0 spiro atoms. The van der Waals surface area contributed by atoms with Crippen LogP contribution in [0.5, 0.6) is 0 Å². The highest BCUT2D eigenvalue weighted by Crippen LogP contribution is 2.31. The summed E-state index contributed by atoms with van der Waals surface area (Å²) >= 11 is 6.14. The summed E-state index contributed by atoms with van der Waals surface area (Å²) < 4.78 is 27.9. The third kappa shape index (κ3) is 3.96. The van der Waals surface area contributed by atoms with E-state index in [0.29, 0.717) is 4.47 Å². The summed E-state index contributed by atoms with van der Waals surface area (Å²) in [5.41, 5.74) is 0. The molecule has 3 aromatic rings. The standard InChI is InChI=1S/C16H14BrNO3S3/c17-12-4-1-2-6-15(12)24(20,21)18-10-11-7-8-14(23-11)16(19)13-5-3-9-22-13/h1-9,16,18-19H,10H2/t16-/m1/s1. The molecule has 0 radical (unpaired) electrons. The number of nitrogens with one attached hydrogen (secondary N) is 1. The van der Waals surface area contributed by atoms with Crippen molar-refractivity contribution in [1.82, 2.24) is 4.72 Å². The van der Waals surface area contributed by atoms with Crippen LogP contribution in [-0.4, -0.2) is 13.5 Å². The zero-order chi connectivity index (χ0) is 17.2. The van der Waals surface area contributed by atoms with Gasteiger partial charge in [0.15, 0.2) is 0 Å². The Hall–Kier alpha value is -1.03. The van der Waals surface area contributed by atoms with Gasteiger partial charge in [0.1, 0.15) is 6.10 Å². The third-order valence-electron chi connectivity index (χ3n) is 3.33. The van der Waals surface area contributed by atoms with Crippen molar-refractivity contribution in [2.45, 2.75) is 17.5 Å². The molecule has 24 heavy (non-hydrogen) atoms. The van der Waals surface area contributed by atoms with Crippen molar-refractivity contribution >= 4 is 48.6 Å². The van der Waals surface area contributed by atoms with E-state index in [9.17, 15) is 13.5 Å². The number of aliphatic hydroxyl groups is 1. The van der Waals surface area contributed by atoms with Gasteiger partial charge in [-0.2, -0.15) is 0 Å². The molecule has 8 heteroatoms. The molecule has 0 saturated heterocycles. The van der Waals surface area contributed by atoms with Crippen molar-refractivity contribution in [2.75, 3.05) is 0 Å². The van der Waals surface area contributed by atoms with Gasteiger partial charge in [-0.15, -0.1) is 22.7 Å². The number of halogens is 1. The highest BCUT2D eigenvalue weighted by molar-refractivity contribution is 9.10. The van der Waals surface area contributed by atoms with Crippen molar-refractivity contribution in [2.24, 2.45) is 0 Å². The van der Waals surface area contributed by atoms with Crippen molar-refractivity contribution in [3.05, 3.63) is 73.0 Å². The highest BCUT2D eigenvalue weighted by atomic mass is 79.9. The van der Waals surface area contributed by atoms with Crippen LogP contribution in [0.25, 0.3) is 0 Å². The number of benzene rings is 1. The molecule has 4 nitrogen and oxygen atoms in total.